The SMILES string of the molecule is COCC(C)(O)CNC(=O)c1ccc(C)s1. The Balaban J connectivity index is 2.47. The second kappa shape index (κ2) is 5.43. The summed E-state index contributed by atoms with van der Waals surface area (Å²) < 4.78 is 4.85. The third-order valence-corrected chi connectivity index (χ3v) is 3.05. The minimum Gasteiger partial charge on any atom is -0.386 e. The number of aliphatic hydroxyl groups is 1. The number of carbonyl (C=O) groups excluding carboxylic acids is 1. The van der Waals surface area contributed by atoms with E-state index in [1.54, 1.807) is 13.0 Å². The highest BCUT2D eigenvalue weighted by Gasteiger charge is 2.21. The number of nitrogens with one attached hydrogen (secondary N) is 1. The normalized spacial score (nSPS) is 14.5. The van der Waals surface area contributed by atoms with Gasteiger partial charge in [-0.2, -0.15) is 0 Å². The van der Waals surface area contributed by atoms with Crippen molar-refractivity contribution in [1.82, 2.24) is 5.32 Å². The molecule has 16 heavy (non-hydrogen) atoms. The van der Waals surface area contributed by atoms with Crippen LogP contribution < -0.4 is 5.32 Å². The zero-order chi connectivity index (χ0) is 12.2. The quantitative estimate of drug-likeness (QED) is 0.816. The van der Waals surface area contributed by atoms with Crippen LogP contribution in [0.25, 0.3) is 0 Å². The first-order valence-electron chi connectivity index (χ1n) is 5.00. The molecule has 1 unspecified atom stereocenters. The van der Waals surface area contributed by atoms with Crippen LogP contribution in [0.15, 0.2) is 12.1 Å². The highest BCUT2D eigenvalue weighted by Crippen LogP contribution is 2.14. The summed E-state index contributed by atoms with van der Waals surface area (Å²) in [4.78, 5) is 13.4. The number of amides is 1. The predicted molar refractivity (Wildman–Crippen MR) is 63.9 cm³/mol. The molecular formula is C11H17NO3S. The van der Waals surface area contributed by atoms with Gasteiger partial charge in [0.05, 0.1) is 11.5 Å². The van der Waals surface area contributed by atoms with Crippen molar-refractivity contribution in [1.29, 1.82) is 0 Å². The van der Waals surface area contributed by atoms with Crippen LogP contribution >= 0.6 is 11.3 Å². The predicted octanol–water partition coefficient (Wildman–Crippen LogP) is 1.18. The summed E-state index contributed by atoms with van der Waals surface area (Å²) in [7, 11) is 1.51. The van der Waals surface area contributed by atoms with Gasteiger partial charge in [0.25, 0.3) is 5.91 Å². The van der Waals surface area contributed by atoms with Crippen molar-refractivity contribution in [2.45, 2.75) is 19.4 Å². The van der Waals surface area contributed by atoms with Crippen LogP contribution in [0.3, 0.4) is 0 Å². The third kappa shape index (κ3) is 3.92. The number of carbonyl (C=O) groups is 1. The molecule has 1 rings (SSSR count). The first-order valence-corrected chi connectivity index (χ1v) is 5.82. The van der Waals surface area contributed by atoms with Gasteiger partial charge >= 0.3 is 0 Å². The standard InChI is InChI=1S/C11H17NO3S/c1-8-4-5-9(16-8)10(13)12-6-11(2,14)7-15-3/h4-5,14H,6-7H2,1-3H3,(H,12,13). The minimum absolute atomic E-state index is 0.158. The summed E-state index contributed by atoms with van der Waals surface area (Å²) in [5, 5.41) is 12.5. The van der Waals surface area contributed by atoms with Crippen molar-refractivity contribution in [2.24, 2.45) is 0 Å². The Morgan fingerprint density at radius 2 is 2.31 bits per heavy atom. The molecule has 1 heterocycles. The fourth-order valence-corrected chi connectivity index (χ4v) is 2.06. The number of ether oxygens (including phenoxy) is 1. The van der Waals surface area contributed by atoms with Crippen LogP contribution in [0, 0.1) is 6.92 Å². The first kappa shape index (κ1) is 13.2. The molecule has 0 saturated heterocycles. The zero-order valence-corrected chi connectivity index (χ0v) is 10.6. The molecule has 1 amide bonds. The lowest BCUT2D eigenvalue weighted by Crippen LogP contribution is -2.43. The lowest BCUT2D eigenvalue weighted by atomic mass is 10.1. The van der Waals surface area contributed by atoms with Crippen molar-refractivity contribution in [3.05, 3.63) is 21.9 Å². The zero-order valence-electron chi connectivity index (χ0n) is 9.74. The molecule has 5 heteroatoms. The van der Waals surface area contributed by atoms with E-state index in [1.807, 2.05) is 13.0 Å². The van der Waals surface area contributed by atoms with Crippen molar-refractivity contribution in [3.8, 4) is 0 Å². The molecular weight excluding hydrogens is 226 g/mol. The number of methoxy groups -OCH3 is 1. The molecule has 0 saturated carbocycles. The summed E-state index contributed by atoms with van der Waals surface area (Å²) >= 11 is 1.43. The molecule has 2 N–H and O–H groups in total. The van der Waals surface area contributed by atoms with Crippen LogP contribution in [-0.4, -0.2) is 36.9 Å². The summed E-state index contributed by atoms with van der Waals surface area (Å²) in [6.45, 7) is 3.94. The second-order valence-electron chi connectivity index (χ2n) is 4.02. The Labute approximate surface area is 99.2 Å². The number of rotatable bonds is 5. The fourth-order valence-electron chi connectivity index (χ4n) is 1.28. The molecule has 0 aliphatic carbocycles. The average Bonchev–Trinajstić information content (AvgIpc) is 2.61. The van der Waals surface area contributed by atoms with Gasteiger partial charge in [-0.1, -0.05) is 0 Å². The molecule has 0 bridgehead atoms. The maximum absolute atomic E-state index is 11.7. The summed E-state index contributed by atoms with van der Waals surface area (Å²) in [6, 6.07) is 3.67. The topological polar surface area (TPSA) is 58.6 Å². The van der Waals surface area contributed by atoms with E-state index in [1.165, 1.54) is 18.4 Å². The Hall–Kier alpha value is -0.910. The van der Waals surface area contributed by atoms with Crippen molar-refractivity contribution in [2.75, 3.05) is 20.3 Å². The monoisotopic (exact) mass is 243 g/mol. The van der Waals surface area contributed by atoms with Crippen molar-refractivity contribution in [3.63, 3.8) is 0 Å². The number of aryl methyl sites for hydroxylation is 1. The van der Waals surface area contributed by atoms with Crippen molar-refractivity contribution < 1.29 is 14.6 Å². The van der Waals surface area contributed by atoms with Gasteiger partial charge in [0.2, 0.25) is 0 Å². The van der Waals surface area contributed by atoms with Crippen molar-refractivity contribution >= 4 is 17.2 Å². The molecule has 0 aromatic carbocycles. The molecule has 1 atom stereocenters. The molecule has 90 valence electrons. The maximum Gasteiger partial charge on any atom is 0.261 e. The minimum atomic E-state index is -1.03. The van der Waals surface area contributed by atoms with Gasteiger partial charge in [0.1, 0.15) is 5.60 Å². The summed E-state index contributed by atoms with van der Waals surface area (Å²) in [5.41, 5.74) is -1.03. The van der Waals surface area contributed by atoms with E-state index in [0.717, 1.165) is 4.88 Å². The molecule has 0 fully saturated rings. The van der Waals surface area contributed by atoms with Gasteiger partial charge in [0.15, 0.2) is 0 Å². The average molecular weight is 243 g/mol. The van der Waals surface area contributed by atoms with Gasteiger partial charge in [-0.15, -0.1) is 11.3 Å². The van der Waals surface area contributed by atoms with E-state index in [2.05, 4.69) is 5.32 Å². The molecule has 1 aromatic heterocycles. The lowest BCUT2D eigenvalue weighted by molar-refractivity contribution is -0.0146. The molecule has 0 spiro atoms. The number of thiophene rings is 1. The maximum atomic E-state index is 11.7. The van der Waals surface area contributed by atoms with Crippen LogP contribution in [0.5, 0.6) is 0 Å². The van der Waals surface area contributed by atoms with Gasteiger partial charge in [-0.05, 0) is 26.0 Å². The second-order valence-corrected chi connectivity index (χ2v) is 5.31. The van der Waals surface area contributed by atoms with Crippen LogP contribution in [0.1, 0.15) is 21.5 Å². The Kier molecular flexibility index (Phi) is 4.46. The van der Waals surface area contributed by atoms with Gasteiger partial charge in [0, 0.05) is 18.5 Å². The molecule has 4 nitrogen and oxygen atoms in total. The largest absolute Gasteiger partial charge is 0.386 e. The van der Waals surface area contributed by atoms with E-state index in [9.17, 15) is 9.90 Å². The number of hydrogen-bond acceptors (Lipinski definition) is 4. The summed E-state index contributed by atoms with van der Waals surface area (Å²) in [6.07, 6.45) is 0. The smallest absolute Gasteiger partial charge is 0.261 e. The van der Waals surface area contributed by atoms with Crippen LogP contribution in [0.4, 0.5) is 0 Å². The molecule has 0 aliphatic rings. The first-order chi connectivity index (χ1) is 7.44. The lowest BCUT2D eigenvalue weighted by Gasteiger charge is -2.22. The highest BCUT2D eigenvalue weighted by molar-refractivity contribution is 7.13. The molecule has 0 radical (unpaired) electrons. The van der Waals surface area contributed by atoms with E-state index in [4.69, 9.17) is 4.74 Å². The van der Waals surface area contributed by atoms with Gasteiger partial charge < -0.3 is 15.2 Å². The molecule has 1 aromatic rings. The Morgan fingerprint density at radius 1 is 1.62 bits per heavy atom. The van der Waals surface area contributed by atoms with E-state index in [-0.39, 0.29) is 19.1 Å². The Morgan fingerprint density at radius 3 is 2.81 bits per heavy atom. The third-order valence-electron chi connectivity index (χ3n) is 2.05. The van der Waals surface area contributed by atoms with Crippen LogP contribution in [-0.2, 0) is 4.74 Å². The van der Waals surface area contributed by atoms with E-state index < -0.39 is 5.60 Å². The van der Waals surface area contributed by atoms with Gasteiger partial charge in [-0.3, -0.25) is 4.79 Å². The van der Waals surface area contributed by atoms with Crippen LogP contribution in [0.2, 0.25) is 0 Å². The van der Waals surface area contributed by atoms with Gasteiger partial charge in [-0.25, -0.2) is 0 Å². The Bertz CT molecular complexity index is 360. The van der Waals surface area contributed by atoms with E-state index >= 15 is 0 Å². The van der Waals surface area contributed by atoms with E-state index in [0.29, 0.717) is 4.88 Å². The number of hydrogen-bond donors (Lipinski definition) is 2. The highest BCUT2D eigenvalue weighted by atomic mass is 32.1. The molecule has 0 aliphatic heterocycles. The summed E-state index contributed by atoms with van der Waals surface area (Å²) in [5.74, 6) is -0.158. The fraction of sp³-hybridized carbons (Fsp3) is 0.545.